The van der Waals surface area contributed by atoms with Gasteiger partial charge in [-0.25, -0.2) is 22.9 Å². The lowest BCUT2D eigenvalue weighted by atomic mass is 10.1. The Bertz CT molecular complexity index is 1330. The number of hydrogen-bond donors (Lipinski definition) is 2. The number of anilines is 1. The van der Waals surface area contributed by atoms with Crippen molar-refractivity contribution in [3.05, 3.63) is 63.2 Å². The van der Waals surface area contributed by atoms with Crippen LogP contribution in [0.1, 0.15) is 15.9 Å². The molecule has 3 heterocycles. The van der Waals surface area contributed by atoms with Crippen molar-refractivity contribution in [2.75, 3.05) is 18.0 Å². The van der Waals surface area contributed by atoms with Crippen LogP contribution < -0.4 is 16.1 Å². The molecular weight excluding hydrogens is 413 g/mol. The highest BCUT2D eigenvalue weighted by Crippen LogP contribution is 2.45. The van der Waals surface area contributed by atoms with Crippen LogP contribution in [0.25, 0.3) is 16.7 Å². The van der Waals surface area contributed by atoms with Gasteiger partial charge in [0.05, 0.1) is 11.1 Å². The Hall–Kier alpha value is -3.40. The van der Waals surface area contributed by atoms with Gasteiger partial charge in [0.2, 0.25) is 5.43 Å². The van der Waals surface area contributed by atoms with Crippen LogP contribution in [0.4, 0.5) is 19.0 Å². The Morgan fingerprint density at radius 2 is 1.90 bits per heavy atom. The average molecular weight is 430 g/mol. The molecule has 1 aliphatic heterocycles. The summed E-state index contributed by atoms with van der Waals surface area (Å²) in [6.45, 7) is 2.36. The second kappa shape index (κ2) is 6.55. The highest BCUT2D eigenvalue weighted by atomic mass is 19.1. The molecule has 3 aromatic rings. The van der Waals surface area contributed by atoms with E-state index in [1.165, 1.54) is 6.92 Å². The van der Waals surface area contributed by atoms with Crippen LogP contribution in [0.3, 0.4) is 0 Å². The van der Waals surface area contributed by atoms with Gasteiger partial charge in [-0.2, -0.15) is 0 Å². The third-order valence-corrected chi connectivity index (χ3v) is 6.25. The standard InChI is InChI=1S/C21H17F3N4O3/c1-8-15-18(29)12(21(30)31)7-28(14-3-2-9(22)4-13(14)23)19(15)26-20(16(8)24)27-5-10-11(6-27)17(10)25/h2-4,7,10-11,17H,5-6,25H2,1H3,(H,30,31). The van der Waals surface area contributed by atoms with Crippen LogP contribution in [-0.2, 0) is 0 Å². The van der Waals surface area contributed by atoms with E-state index in [-0.39, 0.29) is 46.0 Å². The van der Waals surface area contributed by atoms with Crippen LogP contribution >= 0.6 is 0 Å². The zero-order valence-electron chi connectivity index (χ0n) is 16.3. The summed E-state index contributed by atoms with van der Waals surface area (Å²) >= 11 is 0. The van der Waals surface area contributed by atoms with Crippen LogP contribution in [0.15, 0.2) is 29.2 Å². The fraction of sp³-hybridized carbons (Fsp3) is 0.286. The summed E-state index contributed by atoms with van der Waals surface area (Å²) in [6.07, 6.45) is 0.925. The number of pyridine rings is 2. The molecule has 2 aromatic heterocycles. The zero-order valence-corrected chi connectivity index (χ0v) is 16.3. The maximum atomic E-state index is 15.2. The van der Waals surface area contributed by atoms with E-state index in [0.717, 1.165) is 22.9 Å². The van der Waals surface area contributed by atoms with E-state index in [2.05, 4.69) is 4.98 Å². The lowest BCUT2D eigenvalue weighted by molar-refractivity contribution is 0.0695. The van der Waals surface area contributed by atoms with Gasteiger partial charge >= 0.3 is 5.97 Å². The van der Waals surface area contributed by atoms with Gasteiger partial charge in [0.15, 0.2) is 17.3 Å². The van der Waals surface area contributed by atoms with Crippen molar-refractivity contribution >= 4 is 22.8 Å². The second-order valence-electron chi connectivity index (χ2n) is 8.03. The second-order valence-corrected chi connectivity index (χ2v) is 8.03. The molecular formula is C21H17F3N4O3. The summed E-state index contributed by atoms with van der Waals surface area (Å²) in [7, 11) is 0. The Morgan fingerprint density at radius 3 is 2.52 bits per heavy atom. The van der Waals surface area contributed by atoms with E-state index in [0.29, 0.717) is 19.2 Å². The zero-order chi connectivity index (χ0) is 22.2. The number of benzene rings is 1. The van der Waals surface area contributed by atoms with Gasteiger partial charge in [-0.1, -0.05) is 0 Å². The molecule has 0 bridgehead atoms. The summed E-state index contributed by atoms with van der Waals surface area (Å²) in [5, 5.41) is 9.18. The summed E-state index contributed by atoms with van der Waals surface area (Å²) in [5.41, 5.74) is 3.93. The number of aromatic carboxylic acids is 1. The molecule has 1 saturated heterocycles. The Kier molecular flexibility index (Phi) is 4.13. The van der Waals surface area contributed by atoms with Crippen molar-refractivity contribution in [2.24, 2.45) is 17.6 Å². The van der Waals surface area contributed by atoms with Crippen molar-refractivity contribution in [1.82, 2.24) is 9.55 Å². The average Bonchev–Trinajstić information content (AvgIpc) is 3.11. The molecule has 0 spiro atoms. The molecule has 2 aliphatic rings. The van der Waals surface area contributed by atoms with Gasteiger partial charge in [0.25, 0.3) is 0 Å². The number of aromatic nitrogens is 2. The van der Waals surface area contributed by atoms with Crippen LogP contribution in [0.5, 0.6) is 0 Å². The highest BCUT2D eigenvalue weighted by molar-refractivity contribution is 5.93. The van der Waals surface area contributed by atoms with E-state index in [1.807, 2.05) is 0 Å². The number of halogens is 3. The smallest absolute Gasteiger partial charge is 0.341 e. The largest absolute Gasteiger partial charge is 0.477 e. The molecule has 0 radical (unpaired) electrons. The summed E-state index contributed by atoms with van der Waals surface area (Å²) in [4.78, 5) is 30.5. The Balaban J connectivity index is 1.81. The van der Waals surface area contributed by atoms with E-state index < -0.39 is 34.4 Å². The molecule has 7 nitrogen and oxygen atoms in total. The topological polar surface area (TPSA) is 101 Å². The molecule has 31 heavy (non-hydrogen) atoms. The number of hydrogen-bond acceptors (Lipinski definition) is 5. The molecule has 160 valence electrons. The minimum absolute atomic E-state index is 0.0110. The van der Waals surface area contributed by atoms with Crippen molar-refractivity contribution in [3.8, 4) is 5.69 Å². The van der Waals surface area contributed by atoms with Gasteiger partial charge in [-0.05, 0) is 30.9 Å². The molecule has 3 N–H and O–H groups in total. The predicted molar refractivity (Wildman–Crippen MR) is 106 cm³/mol. The maximum absolute atomic E-state index is 15.2. The number of carboxylic acids is 1. The Labute approximate surface area is 173 Å². The van der Waals surface area contributed by atoms with Gasteiger partial charge < -0.3 is 15.7 Å². The van der Waals surface area contributed by atoms with E-state index in [4.69, 9.17) is 5.73 Å². The number of fused-ring (bicyclic) bond motifs is 2. The normalized spacial score (nSPS) is 22.1. The number of nitrogens with two attached hydrogens (primary N) is 1. The molecule has 1 aromatic carbocycles. The van der Waals surface area contributed by atoms with Crippen LogP contribution in [-0.4, -0.2) is 39.8 Å². The molecule has 5 rings (SSSR count). The highest BCUT2D eigenvalue weighted by Gasteiger charge is 2.54. The third kappa shape index (κ3) is 2.82. The first-order valence-electron chi connectivity index (χ1n) is 9.63. The van der Waals surface area contributed by atoms with Crippen molar-refractivity contribution in [1.29, 1.82) is 0 Å². The van der Waals surface area contributed by atoms with E-state index in [9.17, 15) is 23.5 Å². The molecule has 0 amide bonds. The molecule has 2 atom stereocenters. The monoisotopic (exact) mass is 430 g/mol. The fourth-order valence-corrected chi connectivity index (χ4v) is 4.45. The summed E-state index contributed by atoms with van der Waals surface area (Å²) < 4.78 is 44.3. The first-order chi connectivity index (χ1) is 14.7. The number of piperidine rings is 1. The van der Waals surface area contributed by atoms with E-state index in [1.54, 1.807) is 4.90 Å². The molecule has 2 fully saturated rings. The van der Waals surface area contributed by atoms with Crippen molar-refractivity contribution in [3.63, 3.8) is 0 Å². The predicted octanol–water partition coefficient (Wildman–Crippen LogP) is 2.20. The summed E-state index contributed by atoms with van der Waals surface area (Å²) in [5.74, 6) is -3.64. The minimum atomic E-state index is -1.55. The number of nitrogens with zero attached hydrogens (tertiary/aromatic N) is 3. The van der Waals surface area contributed by atoms with Gasteiger partial charge in [0, 0.05) is 37.0 Å². The van der Waals surface area contributed by atoms with Crippen LogP contribution in [0.2, 0.25) is 0 Å². The van der Waals surface area contributed by atoms with Crippen molar-refractivity contribution < 1.29 is 23.1 Å². The molecule has 1 aliphatic carbocycles. The van der Waals surface area contributed by atoms with E-state index >= 15 is 4.39 Å². The third-order valence-electron chi connectivity index (χ3n) is 6.25. The lowest BCUT2D eigenvalue weighted by Gasteiger charge is -2.23. The minimum Gasteiger partial charge on any atom is -0.477 e. The molecule has 2 unspecified atom stereocenters. The van der Waals surface area contributed by atoms with Crippen molar-refractivity contribution in [2.45, 2.75) is 13.0 Å². The number of carbonyl (C=O) groups is 1. The SMILES string of the molecule is Cc1c(F)c(N2CC3C(N)C3C2)nc2c1c(=O)c(C(=O)O)cn2-c1ccc(F)cc1F. The maximum Gasteiger partial charge on any atom is 0.341 e. The Morgan fingerprint density at radius 1 is 1.23 bits per heavy atom. The summed E-state index contributed by atoms with van der Waals surface area (Å²) in [6, 6.07) is 2.80. The quantitative estimate of drug-likeness (QED) is 0.661. The fourth-order valence-electron chi connectivity index (χ4n) is 4.45. The van der Waals surface area contributed by atoms with Gasteiger partial charge in [0.1, 0.15) is 17.2 Å². The number of carboxylic acid groups (broad SMARTS) is 1. The first kappa shape index (κ1) is 19.6. The number of rotatable bonds is 3. The van der Waals surface area contributed by atoms with Gasteiger partial charge in [-0.3, -0.25) is 9.36 Å². The van der Waals surface area contributed by atoms with Crippen LogP contribution in [0, 0.1) is 36.2 Å². The van der Waals surface area contributed by atoms with Gasteiger partial charge in [-0.15, -0.1) is 0 Å². The lowest BCUT2D eigenvalue weighted by Crippen LogP contribution is -2.30. The first-order valence-corrected chi connectivity index (χ1v) is 9.63. The molecule has 10 heteroatoms. The number of aryl methyl sites for hydroxylation is 1. The molecule has 1 saturated carbocycles.